The van der Waals surface area contributed by atoms with E-state index < -0.39 is 60.6 Å². The second-order valence-electron chi connectivity index (χ2n) is 12.4. The van der Waals surface area contributed by atoms with Crippen molar-refractivity contribution in [1.82, 2.24) is 25.3 Å². The van der Waals surface area contributed by atoms with Crippen molar-refractivity contribution >= 4 is 77.5 Å². The molecule has 316 valence electrons. The molecule has 60 heavy (non-hydrogen) atoms. The minimum Gasteiger partial charge on any atom is -0.474 e. The van der Waals surface area contributed by atoms with Crippen LogP contribution in [0.15, 0.2) is 82.4 Å². The van der Waals surface area contributed by atoms with Gasteiger partial charge in [0.1, 0.15) is 23.1 Å². The number of carbonyl (C=O) groups is 2. The molecule has 0 fully saturated rings. The molecule has 4 aromatic carbocycles. The summed E-state index contributed by atoms with van der Waals surface area (Å²) in [6, 6.07) is 17.0. The zero-order valence-electron chi connectivity index (χ0n) is 30.9. The zero-order chi connectivity index (χ0) is 42.5. The number of aromatic nitrogens is 4. The van der Waals surface area contributed by atoms with Crippen LogP contribution in [0.1, 0.15) is 39.3 Å². The number of amides is 1. The van der Waals surface area contributed by atoms with Gasteiger partial charge in [-0.3, -0.25) is 23.8 Å². The van der Waals surface area contributed by atoms with E-state index in [1.165, 1.54) is 24.3 Å². The van der Waals surface area contributed by atoms with Gasteiger partial charge in [-0.15, -0.1) is 12.4 Å². The van der Waals surface area contributed by atoms with Crippen LogP contribution in [0.2, 0.25) is 0 Å². The Hall–Kier alpha value is -6.69. The van der Waals surface area contributed by atoms with Crippen LogP contribution in [0.3, 0.4) is 0 Å². The number of carbonyl (C=O) groups excluding carboxylic acids is 2. The number of halogens is 3. The Balaban J connectivity index is 0.000000183. The third kappa shape index (κ3) is 10.9. The largest absolute Gasteiger partial charge is 0.474 e. The van der Waals surface area contributed by atoms with E-state index in [1.54, 1.807) is 37.3 Å². The number of hydrogen-bond donors (Lipinski definition) is 6. The monoisotopic (exact) mass is 890 g/mol. The molecule has 24 heteroatoms. The van der Waals surface area contributed by atoms with Gasteiger partial charge in [0.15, 0.2) is 5.82 Å². The SMILES string of the molecule is CCOC(=O)c1nc2ccc(F)cc2c(=O)[nH]1.Cl.NCc1ccc2c(c1)NS(=O)(=O)CO2.O=C(NCc1ccc2c(c1)NS(=O)(=O)CO2)c1nc2ccc(F)cc2c(=O)[nH]1. The normalized spacial score (nSPS) is 13.9. The fourth-order valence-corrected chi connectivity index (χ4v) is 7.04. The summed E-state index contributed by atoms with van der Waals surface area (Å²) in [6.45, 7) is 2.25. The number of sulfonamides is 2. The van der Waals surface area contributed by atoms with Crippen LogP contribution in [-0.4, -0.2) is 67.1 Å². The first-order chi connectivity index (χ1) is 28.0. The number of esters is 1. The van der Waals surface area contributed by atoms with Crippen LogP contribution in [-0.2, 0) is 37.9 Å². The van der Waals surface area contributed by atoms with Crippen molar-refractivity contribution in [2.24, 2.45) is 5.73 Å². The number of nitrogens with two attached hydrogens (primary N) is 1. The smallest absolute Gasteiger partial charge is 0.374 e. The van der Waals surface area contributed by atoms with E-state index in [1.807, 2.05) is 0 Å². The van der Waals surface area contributed by atoms with Gasteiger partial charge in [0.25, 0.3) is 37.1 Å². The van der Waals surface area contributed by atoms with E-state index >= 15 is 0 Å². The first-order valence-corrected chi connectivity index (χ1v) is 20.4. The summed E-state index contributed by atoms with van der Waals surface area (Å²) in [4.78, 5) is 59.8. The standard InChI is InChI=1S/C17H13FN4O5S.C11H9FN2O3.C8H10N2O3S.ClH/c18-10-2-3-12-11(6-10)16(23)21-15(20-12)17(24)19-7-9-1-4-14-13(5-9)22-28(25,26)8-27-14;1-2-17-11(16)9-13-8-4-3-6(12)5-7(8)10(15)14-9;9-4-6-1-2-8-7(3-6)10-14(11,12)5-13-8;/h1-6,22H,7-8H2,(H,19,24)(H,20,21,23);3-5H,2H2,1H3,(H,13,14,15);1-3,10H,4-5,9H2;1H. The van der Waals surface area contributed by atoms with Crippen molar-refractivity contribution in [3.63, 3.8) is 0 Å². The highest BCUT2D eigenvalue weighted by Crippen LogP contribution is 2.31. The minimum atomic E-state index is -3.55. The highest BCUT2D eigenvalue weighted by molar-refractivity contribution is 7.92. The lowest BCUT2D eigenvalue weighted by Gasteiger charge is -2.19. The molecule has 0 aliphatic carbocycles. The first kappa shape index (κ1) is 44.4. The van der Waals surface area contributed by atoms with Crippen molar-refractivity contribution in [3.8, 4) is 11.5 Å². The van der Waals surface area contributed by atoms with Gasteiger partial charge in [0.2, 0.25) is 17.7 Å². The predicted molar refractivity (Wildman–Crippen MR) is 216 cm³/mol. The van der Waals surface area contributed by atoms with Crippen LogP contribution in [0.4, 0.5) is 20.2 Å². The van der Waals surface area contributed by atoms with Crippen LogP contribution in [0, 0.1) is 11.6 Å². The Morgan fingerprint density at radius 2 is 1.23 bits per heavy atom. The summed E-state index contributed by atoms with van der Waals surface area (Å²) in [5.74, 6) is -2.73. The molecule has 6 aromatic rings. The van der Waals surface area contributed by atoms with E-state index in [-0.39, 0.29) is 70.6 Å². The molecule has 2 aromatic heterocycles. The van der Waals surface area contributed by atoms with E-state index in [9.17, 15) is 44.8 Å². The first-order valence-electron chi connectivity index (χ1n) is 17.1. The Labute approximate surface area is 344 Å². The van der Waals surface area contributed by atoms with Gasteiger partial charge >= 0.3 is 5.97 Å². The van der Waals surface area contributed by atoms with Gasteiger partial charge in [-0.2, -0.15) is 0 Å². The maximum Gasteiger partial charge on any atom is 0.374 e. The number of aromatic amines is 2. The maximum absolute atomic E-state index is 13.2. The second-order valence-corrected chi connectivity index (χ2v) is 15.7. The molecule has 0 saturated carbocycles. The summed E-state index contributed by atoms with van der Waals surface area (Å²) in [5.41, 5.74) is 6.86. The molecule has 2 aliphatic rings. The van der Waals surface area contributed by atoms with Crippen molar-refractivity contribution in [1.29, 1.82) is 0 Å². The molecule has 1 amide bonds. The molecule has 0 spiro atoms. The molecule has 2 aliphatic heterocycles. The van der Waals surface area contributed by atoms with Crippen molar-refractivity contribution in [2.45, 2.75) is 20.0 Å². The Bertz CT molecular complexity index is 2970. The molecule has 0 unspecified atom stereocenters. The highest BCUT2D eigenvalue weighted by Gasteiger charge is 2.23. The lowest BCUT2D eigenvalue weighted by molar-refractivity contribution is 0.0512. The van der Waals surface area contributed by atoms with E-state index in [4.69, 9.17) is 19.9 Å². The predicted octanol–water partition coefficient (Wildman–Crippen LogP) is 2.98. The van der Waals surface area contributed by atoms with Gasteiger partial charge in [-0.05, 0) is 78.7 Å². The fourth-order valence-electron chi connectivity index (χ4n) is 5.37. The summed E-state index contributed by atoms with van der Waals surface area (Å²) in [7, 11) is -6.89. The Kier molecular flexibility index (Phi) is 13.7. The lowest BCUT2D eigenvalue weighted by atomic mass is 10.2. The average molecular weight is 891 g/mol. The number of nitrogens with one attached hydrogen (secondary N) is 5. The lowest BCUT2D eigenvalue weighted by Crippen LogP contribution is -2.28. The molecule has 7 N–H and O–H groups in total. The molecular weight excluding hydrogens is 858 g/mol. The molecule has 0 bridgehead atoms. The van der Waals surface area contributed by atoms with Gasteiger partial charge < -0.3 is 35.2 Å². The third-order valence-corrected chi connectivity index (χ3v) is 9.98. The van der Waals surface area contributed by atoms with Gasteiger partial charge in [-0.25, -0.2) is 40.4 Å². The van der Waals surface area contributed by atoms with Crippen molar-refractivity contribution < 1.29 is 49.4 Å². The van der Waals surface area contributed by atoms with Crippen LogP contribution >= 0.6 is 12.4 Å². The number of H-pyrrole nitrogens is 2. The number of rotatable bonds is 6. The fraction of sp³-hybridized carbons (Fsp3) is 0.167. The van der Waals surface area contributed by atoms with Gasteiger partial charge in [0.05, 0.1) is 39.8 Å². The topological polar surface area (TPSA) is 284 Å². The Morgan fingerprint density at radius 3 is 1.75 bits per heavy atom. The molecule has 19 nitrogen and oxygen atoms in total. The van der Waals surface area contributed by atoms with Crippen LogP contribution in [0.5, 0.6) is 11.5 Å². The third-order valence-electron chi connectivity index (χ3n) is 8.07. The molecule has 0 radical (unpaired) electrons. The van der Waals surface area contributed by atoms with Gasteiger partial charge in [-0.1, -0.05) is 12.1 Å². The van der Waals surface area contributed by atoms with Crippen molar-refractivity contribution in [2.75, 3.05) is 27.9 Å². The molecular formula is C36H33ClF2N8O11S2. The second kappa shape index (κ2) is 18.5. The summed E-state index contributed by atoms with van der Waals surface area (Å²) in [6.07, 6.45) is 0. The van der Waals surface area contributed by atoms with E-state index in [0.717, 1.165) is 23.8 Å². The number of ether oxygens (including phenoxy) is 3. The maximum atomic E-state index is 13.2. The van der Waals surface area contributed by atoms with Gasteiger partial charge in [0, 0.05) is 13.1 Å². The summed E-state index contributed by atoms with van der Waals surface area (Å²) in [5, 5.41) is 2.72. The zero-order valence-corrected chi connectivity index (χ0v) is 33.4. The number of fused-ring (bicyclic) bond motifs is 4. The number of anilines is 2. The van der Waals surface area contributed by atoms with E-state index in [0.29, 0.717) is 29.3 Å². The Morgan fingerprint density at radius 1 is 0.750 bits per heavy atom. The molecule has 4 heterocycles. The number of hydrogen-bond acceptors (Lipinski definition) is 14. The number of benzene rings is 4. The van der Waals surface area contributed by atoms with E-state index in [2.05, 4.69) is 34.7 Å². The van der Waals surface area contributed by atoms with Crippen molar-refractivity contribution in [3.05, 3.63) is 128 Å². The quantitative estimate of drug-likeness (QED) is 0.131. The summed E-state index contributed by atoms with van der Waals surface area (Å²) >= 11 is 0. The van der Waals surface area contributed by atoms with Crippen LogP contribution in [0.25, 0.3) is 21.8 Å². The number of nitrogens with zero attached hydrogens (tertiary/aromatic N) is 2. The molecule has 0 atom stereocenters. The molecule has 8 rings (SSSR count). The molecule has 0 saturated heterocycles. The highest BCUT2D eigenvalue weighted by atomic mass is 35.5. The van der Waals surface area contributed by atoms with Crippen LogP contribution < -0.4 is 41.1 Å². The average Bonchev–Trinajstić information content (AvgIpc) is 3.19. The minimum absolute atomic E-state index is 0. The summed E-state index contributed by atoms with van der Waals surface area (Å²) < 4.78 is 91.3.